The van der Waals surface area contributed by atoms with Gasteiger partial charge in [-0.3, -0.25) is 9.78 Å². The van der Waals surface area contributed by atoms with Crippen molar-refractivity contribution in [3.8, 4) is 0 Å². The number of hydrogen-bond donors (Lipinski definition) is 3. The summed E-state index contributed by atoms with van der Waals surface area (Å²) in [5.41, 5.74) is 5.19. The molecule has 0 radical (unpaired) electrons. The highest BCUT2D eigenvalue weighted by Gasteiger charge is 2.10. The number of amidine groups is 1. The van der Waals surface area contributed by atoms with E-state index in [-0.39, 0.29) is 11.4 Å². The number of oxime groups is 1. The molecule has 0 spiro atoms. The summed E-state index contributed by atoms with van der Waals surface area (Å²) in [6, 6.07) is 1.30. The molecule has 0 aliphatic carbocycles. The molecular formula is C10H13FN4O2. The fraction of sp³-hybridized carbons (Fsp3) is 0.300. The molecule has 0 unspecified atom stereocenters. The third-order valence-corrected chi connectivity index (χ3v) is 2.04. The number of nitrogens with zero attached hydrogens (tertiary/aromatic N) is 2. The third-order valence-electron chi connectivity index (χ3n) is 2.04. The van der Waals surface area contributed by atoms with E-state index in [1.807, 2.05) is 0 Å². The first-order chi connectivity index (χ1) is 8.15. The van der Waals surface area contributed by atoms with Gasteiger partial charge in [-0.1, -0.05) is 5.16 Å². The fourth-order valence-electron chi connectivity index (χ4n) is 1.18. The predicted molar refractivity (Wildman–Crippen MR) is 59.2 cm³/mol. The Bertz CT molecular complexity index is 423. The van der Waals surface area contributed by atoms with Gasteiger partial charge >= 0.3 is 0 Å². The van der Waals surface area contributed by atoms with Crippen LogP contribution < -0.4 is 11.1 Å². The van der Waals surface area contributed by atoms with Crippen LogP contribution in [0.2, 0.25) is 0 Å². The summed E-state index contributed by atoms with van der Waals surface area (Å²) in [4.78, 5) is 15.0. The van der Waals surface area contributed by atoms with Crippen molar-refractivity contribution < 1.29 is 14.4 Å². The molecule has 0 fully saturated rings. The lowest BCUT2D eigenvalue weighted by molar-refractivity contribution is 0.0949. The summed E-state index contributed by atoms with van der Waals surface area (Å²) in [6.45, 7) is 0.316. The lowest BCUT2D eigenvalue weighted by Gasteiger charge is -2.05. The van der Waals surface area contributed by atoms with Crippen LogP contribution in [0.15, 0.2) is 23.6 Å². The van der Waals surface area contributed by atoms with Crippen molar-refractivity contribution in [3.05, 3.63) is 29.8 Å². The van der Waals surface area contributed by atoms with Gasteiger partial charge < -0.3 is 16.3 Å². The minimum Gasteiger partial charge on any atom is -0.409 e. The molecule has 0 atom stereocenters. The Morgan fingerprint density at radius 1 is 1.65 bits per heavy atom. The monoisotopic (exact) mass is 240 g/mol. The molecule has 0 aliphatic rings. The first-order valence-corrected chi connectivity index (χ1v) is 4.99. The smallest absolute Gasteiger partial charge is 0.254 e. The average molecular weight is 240 g/mol. The summed E-state index contributed by atoms with van der Waals surface area (Å²) >= 11 is 0. The molecule has 0 bridgehead atoms. The third kappa shape index (κ3) is 4.06. The molecule has 1 aromatic rings. The topological polar surface area (TPSA) is 101 Å². The largest absolute Gasteiger partial charge is 0.409 e. The van der Waals surface area contributed by atoms with E-state index in [1.54, 1.807) is 0 Å². The van der Waals surface area contributed by atoms with Crippen molar-refractivity contribution in [1.82, 2.24) is 10.3 Å². The molecule has 0 saturated carbocycles. The lowest BCUT2D eigenvalue weighted by Crippen LogP contribution is -2.26. The number of carbonyl (C=O) groups is 1. The highest BCUT2D eigenvalue weighted by Crippen LogP contribution is 2.03. The van der Waals surface area contributed by atoms with Gasteiger partial charge in [0.2, 0.25) is 0 Å². The van der Waals surface area contributed by atoms with E-state index in [9.17, 15) is 9.18 Å². The molecule has 1 amide bonds. The number of hydrogen-bond acceptors (Lipinski definition) is 4. The van der Waals surface area contributed by atoms with Crippen molar-refractivity contribution in [1.29, 1.82) is 0 Å². The van der Waals surface area contributed by atoms with Crippen LogP contribution in [-0.4, -0.2) is 28.5 Å². The summed E-state index contributed by atoms with van der Waals surface area (Å²) < 4.78 is 13.1. The van der Waals surface area contributed by atoms with Crippen molar-refractivity contribution in [2.75, 3.05) is 6.54 Å². The Morgan fingerprint density at radius 3 is 3.06 bits per heavy atom. The Hall–Kier alpha value is -2.18. The van der Waals surface area contributed by atoms with E-state index in [4.69, 9.17) is 10.9 Å². The summed E-state index contributed by atoms with van der Waals surface area (Å²) in [7, 11) is 0. The zero-order valence-corrected chi connectivity index (χ0v) is 9.06. The van der Waals surface area contributed by atoms with Crippen LogP contribution in [0.5, 0.6) is 0 Å². The summed E-state index contributed by atoms with van der Waals surface area (Å²) in [6.07, 6.45) is 3.18. The second kappa shape index (κ2) is 6.41. The number of carbonyl (C=O) groups excluding carboxylic acids is 1. The van der Waals surface area contributed by atoms with Gasteiger partial charge in [0.25, 0.3) is 5.91 Å². The Labute approximate surface area is 97.3 Å². The summed E-state index contributed by atoms with van der Waals surface area (Å²) in [5, 5.41) is 13.6. The zero-order chi connectivity index (χ0) is 12.7. The number of pyridine rings is 1. The zero-order valence-electron chi connectivity index (χ0n) is 9.06. The standard InChI is InChI=1S/C10H13FN4O2/c11-8-6-13-5-3-7(8)10(16)14-4-1-2-9(12)15-17/h3,5-6,17H,1-2,4H2,(H2,12,15)(H,14,16). The van der Waals surface area contributed by atoms with Crippen LogP contribution >= 0.6 is 0 Å². The first-order valence-electron chi connectivity index (χ1n) is 4.99. The molecule has 4 N–H and O–H groups in total. The van der Waals surface area contributed by atoms with Crippen LogP contribution in [0.1, 0.15) is 23.2 Å². The number of amides is 1. The maximum absolute atomic E-state index is 13.1. The second-order valence-electron chi connectivity index (χ2n) is 3.31. The molecule has 1 rings (SSSR count). The van der Waals surface area contributed by atoms with Crippen LogP contribution in [-0.2, 0) is 0 Å². The van der Waals surface area contributed by atoms with Gasteiger partial charge in [-0.2, -0.15) is 0 Å². The van der Waals surface area contributed by atoms with Crippen molar-refractivity contribution in [3.63, 3.8) is 0 Å². The van der Waals surface area contributed by atoms with E-state index < -0.39 is 11.7 Å². The first kappa shape index (κ1) is 12.9. The number of nitrogens with two attached hydrogens (primary N) is 1. The average Bonchev–Trinajstić information content (AvgIpc) is 2.34. The van der Waals surface area contributed by atoms with Gasteiger partial charge in [0.15, 0.2) is 5.82 Å². The minimum absolute atomic E-state index is 0.0520. The van der Waals surface area contributed by atoms with E-state index >= 15 is 0 Å². The molecule has 17 heavy (non-hydrogen) atoms. The predicted octanol–water partition coefficient (Wildman–Crippen LogP) is 0.477. The number of rotatable bonds is 5. The molecule has 0 aliphatic heterocycles. The maximum Gasteiger partial charge on any atom is 0.254 e. The Kier molecular flexibility index (Phi) is 4.86. The van der Waals surface area contributed by atoms with Gasteiger partial charge in [-0.15, -0.1) is 0 Å². The number of aromatic nitrogens is 1. The summed E-state index contributed by atoms with van der Waals surface area (Å²) in [5.74, 6) is -1.08. The van der Waals surface area contributed by atoms with E-state index in [0.717, 1.165) is 6.20 Å². The maximum atomic E-state index is 13.1. The molecule has 0 saturated heterocycles. The minimum atomic E-state index is -0.665. The van der Waals surface area contributed by atoms with Crippen molar-refractivity contribution in [2.45, 2.75) is 12.8 Å². The molecule has 1 aromatic heterocycles. The van der Waals surface area contributed by atoms with E-state index in [0.29, 0.717) is 19.4 Å². The van der Waals surface area contributed by atoms with Crippen LogP contribution in [0.4, 0.5) is 4.39 Å². The number of halogens is 1. The quantitative estimate of drug-likeness (QED) is 0.229. The van der Waals surface area contributed by atoms with E-state index in [1.165, 1.54) is 12.3 Å². The Balaban J connectivity index is 2.38. The van der Waals surface area contributed by atoms with Gasteiger partial charge in [0.05, 0.1) is 11.8 Å². The molecule has 1 heterocycles. The van der Waals surface area contributed by atoms with Crippen molar-refractivity contribution >= 4 is 11.7 Å². The highest BCUT2D eigenvalue weighted by atomic mass is 19.1. The number of nitrogens with one attached hydrogen (secondary N) is 1. The molecule has 7 heteroatoms. The molecule has 0 aromatic carbocycles. The van der Waals surface area contributed by atoms with E-state index in [2.05, 4.69) is 15.5 Å². The molecule has 6 nitrogen and oxygen atoms in total. The van der Waals surface area contributed by atoms with Crippen LogP contribution in [0, 0.1) is 5.82 Å². The van der Waals surface area contributed by atoms with Crippen molar-refractivity contribution in [2.24, 2.45) is 10.9 Å². The van der Waals surface area contributed by atoms with Gasteiger partial charge in [0.1, 0.15) is 5.84 Å². The van der Waals surface area contributed by atoms with Crippen LogP contribution in [0.3, 0.4) is 0 Å². The lowest BCUT2D eigenvalue weighted by atomic mass is 10.2. The van der Waals surface area contributed by atoms with Gasteiger partial charge in [0, 0.05) is 19.2 Å². The normalized spacial score (nSPS) is 11.2. The Morgan fingerprint density at radius 2 is 2.41 bits per heavy atom. The fourth-order valence-corrected chi connectivity index (χ4v) is 1.18. The van der Waals surface area contributed by atoms with Gasteiger partial charge in [-0.05, 0) is 12.5 Å². The highest BCUT2D eigenvalue weighted by molar-refractivity contribution is 5.94. The second-order valence-corrected chi connectivity index (χ2v) is 3.31. The SMILES string of the molecule is NC(CCCNC(=O)c1ccncc1F)=NO. The van der Waals surface area contributed by atoms with Crippen LogP contribution in [0.25, 0.3) is 0 Å². The molecular weight excluding hydrogens is 227 g/mol. The van der Waals surface area contributed by atoms with Gasteiger partial charge in [-0.25, -0.2) is 4.39 Å². The molecule has 92 valence electrons.